The lowest BCUT2D eigenvalue weighted by molar-refractivity contribution is 0.589. The molecule has 0 aliphatic rings. The maximum Gasteiger partial charge on any atom is 0.238 e. The second kappa shape index (κ2) is 7.06. The van der Waals surface area contributed by atoms with Crippen LogP contribution in [-0.2, 0) is 0 Å². The van der Waals surface area contributed by atoms with Gasteiger partial charge in [0.1, 0.15) is 22.9 Å². The Kier molecular flexibility index (Phi) is 4.12. The van der Waals surface area contributed by atoms with E-state index < -0.39 is 0 Å². The maximum atomic E-state index is 9.73. The van der Waals surface area contributed by atoms with Crippen LogP contribution in [0.25, 0.3) is 44.9 Å². The lowest BCUT2D eigenvalue weighted by atomic mass is 10.1. The highest BCUT2D eigenvalue weighted by Crippen LogP contribution is 2.34. The quantitative estimate of drug-likeness (QED) is 0.358. The molecule has 0 fully saturated rings. The van der Waals surface area contributed by atoms with Crippen LogP contribution in [0, 0.1) is 11.3 Å². The highest BCUT2D eigenvalue weighted by Gasteiger charge is 2.18. The van der Waals surface area contributed by atoms with Gasteiger partial charge < -0.3 is 4.42 Å². The van der Waals surface area contributed by atoms with Crippen molar-refractivity contribution in [2.24, 2.45) is 0 Å². The van der Waals surface area contributed by atoms with E-state index in [1.165, 1.54) is 0 Å². The summed E-state index contributed by atoms with van der Waals surface area (Å²) in [6.45, 7) is 0. The first-order valence-electron chi connectivity index (χ1n) is 9.25. The zero-order chi connectivity index (χ0) is 19.6. The van der Waals surface area contributed by atoms with E-state index in [9.17, 15) is 5.26 Å². The third kappa shape index (κ3) is 3.05. The van der Waals surface area contributed by atoms with Gasteiger partial charge in [0, 0.05) is 10.9 Å². The first-order chi connectivity index (χ1) is 14.3. The molecule has 3 aromatic carbocycles. The first kappa shape index (κ1) is 16.9. The van der Waals surface area contributed by atoms with Gasteiger partial charge in [-0.15, -0.1) is 0 Å². The van der Waals surface area contributed by atoms with Crippen molar-refractivity contribution in [2.75, 3.05) is 0 Å². The molecule has 0 aliphatic carbocycles. The van der Waals surface area contributed by atoms with Crippen molar-refractivity contribution < 1.29 is 4.42 Å². The zero-order valence-corrected chi connectivity index (χ0v) is 15.4. The number of fused-ring (bicyclic) bond motifs is 3. The summed E-state index contributed by atoms with van der Waals surface area (Å²) in [6.07, 6.45) is 1.78. The molecule has 29 heavy (non-hydrogen) atoms. The number of nitriles is 1. The number of rotatable bonds is 3. The normalized spacial score (nSPS) is 11.6. The number of benzene rings is 3. The number of aromatic nitrogens is 2. The Morgan fingerprint density at radius 3 is 2.28 bits per heavy atom. The third-order valence-corrected chi connectivity index (χ3v) is 4.74. The minimum Gasteiger partial charge on any atom is -0.435 e. The van der Waals surface area contributed by atoms with Crippen LogP contribution >= 0.6 is 0 Å². The predicted molar refractivity (Wildman–Crippen MR) is 115 cm³/mol. The largest absolute Gasteiger partial charge is 0.435 e. The summed E-state index contributed by atoms with van der Waals surface area (Å²) < 4.78 is 6.13. The molecule has 5 rings (SSSR count). The Labute approximate surface area is 167 Å². The second-order valence-electron chi connectivity index (χ2n) is 6.62. The van der Waals surface area contributed by atoms with E-state index in [4.69, 9.17) is 9.40 Å². The van der Waals surface area contributed by atoms with Crippen molar-refractivity contribution in [1.29, 1.82) is 5.26 Å². The topological polar surface area (TPSA) is 62.7 Å². The first-order valence-corrected chi connectivity index (χ1v) is 9.25. The van der Waals surface area contributed by atoms with Crippen molar-refractivity contribution >= 4 is 33.7 Å². The van der Waals surface area contributed by atoms with Crippen molar-refractivity contribution in [3.63, 3.8) is 0 Å². The second-order valence-corrected chi connectivity index (χ2v) is 6.62. The lowest BCUT2D eigenvalue weighted by Crippen LogP contribution is -1.88. The van der Waals surface area contributed by atoms with Crippen LogP contribution < -0.4 is 0 Å². The van der Waals surface area contributed by atoms with Gasteiger partial charge in [0.15, 0.2) is 5.58 Å². The van der Waals surface area contributed by atoms with Gasteiger partial charge in [0.05, 0.1) is 5.52 Å². The van der Waals surface area contributed by atoms with E-state index in [1.807, 2.05) is 84.9 Å². The number of hydrogen-bond donors (Lipinski definition) is 0. The van der Waals surface area contributed by atoms with Crippen LogP contribution in [0.5, 0.6) is 0 Å². The van der Waals surface area contributed by atoms with Gasteiger partial charge in [-0.05, 0) is 23.8 Å². The van der Waals surface area contributed by atoms with Gasteiger partial charge in [-0.3, -0.25) is 0 Å². The van der Waals surface area contributed by atoms with E-state index >= 15 is 0 Å². The van der Waals surface area contributed by atoms with Crippen LogP contribution in [-0.4, -0.2) is 9.97 Å². The fraction of sp³-hybridized carbons (Fsp3) is 0. The highest BCUT2D eigenvalue weighted by atomic mass is 16.3. The van der Waals surface area contributed by atoms with Gasteiger partial charge >= 0.3 is 0 Å². The van der Waals surface area contributed by atoms with E-state index in [2.05, 4.69) is 11.1 Å². The van der Waals surface area contributed by atoms with Crippen molar-refractivity contribution in [1.82, 2.24) is 9.97 Å². The SMILES string of the molecule is N#C/C(=C\c1ccccc1)c1nc2c(-c3ccccc3)nc3ccccc3c2o1. The number of hydrogen-bond acceptors (Lipinski definition) is 4. The fourth-order valence-corrected chi connectivity index (χ4v) is 3.37. The molecule has 0 atom stereocenters. The van der Waals surface area contributed by atoms with Gasteiger partial charge in [-0.2, -0.15) is 5.26 Å². The van der Waals surface area contributed by atoms with Crippen molar-refractivity contribution in [3.05, 3.63) is 96.4 Å². The van der Waals surface area contributed by atoms with Crippen molar-refractivity contribution in [3.8, 4) is 17.3 Å². The number of allylic oxidation sites excluding steroid dienone is 1. The Hall–Kier alpha value is -4.23. The molecule has 0 radical (unpaired) electrons. The van der Waals surface area contributed by atoms with Crippen LogP contribution in [0.4, 0.5) is 0 Å². The van der Waals surface area contributed by atoms with E-state index in [1.54, 1.807) is 6.08 Å². The molecule has 4 heteroatoms. The summed E-state index contributed by atoms with van der Waals surface area (Å²) in [5, 5.41) is 10.6. The van der Waals surface area contributed by atoms with E-state index in [0.29, 0.717) is 22.6 Å². The number of nitrogens with zero attached hydrogens (tertiary/aromatic N) is 3. The molecule has 0 N–H and O–H groups in total. The molecule has 0 saturated carbocycles. The zero-order valence-electron chi connectivity index (χ0n) is 15.4. The van der Waals surface area contributed by atoms with Crippen LogP contribution in [0.1, 0.15) is 11.5 Å². The van der Waals surface area contributed by atoms with Crippen molar-refractivity contribution in [2.45, 2.75) is 0 Å². The fourth-order valence-electron chi connectivity index (χ4n) is 3.37. The van der Waals surface area contributed by atoms with Crippen LogP contribution in [0.2, 0.25) is 0 Å². The average molecular weight is 373 g/mol. The van der Waals surface area contributed by atoms with Gasteiger partial charge in [0.25, 0.3) is 0 Å². The molecule has 2 aromatic heterocycles. The molecular weight excluding hydrogens is 358 g/mol. The van der Waals surface area contributed by atoms with E-state index in [0.717, 1.165) is 27.7 Å². The summed E-state index contributed by atoms with van der Waals surface area (Å²) in [5.74, 6) is 0.293. The Morgan fingerprint density at radius 1 is 0.828 bits per heavy atom. The number of para-hydroxylation sites is 1. The standard InChI is InChI=1S/C25H15N3O/c26-16-19(15-17-9-3-1-4-10-17)25-28-23-22(18-11-5-2-6-12-18)27-21-14-8-7-13-20(21)24(23)29-25/h1-15H/b19-15+. The van der Waals surface area contributed by atoms with Crippen LogP contribution in [0.15, 0.2) is 89.3 Å². The Bertz CT molecular complexity index is 1390. The summed E-state index contributed by atoms with van der Waals surface area (Å²) in [5.41, 5.74) is 5.10. The summed E-state index contributed by atoms with van der Waals surface area (Å²) in [4.78, 5) is 9.52. The Morgan fingerprint density at radius 2 is 1.52 bits per heavy atom. The molecule has 5 aromatic rings. The molecule has 2 heterocycles. The lowest BCUT2D eigenvalue weighted by Gasteiger charge is -2.04. The molecular formula is C25H15N3O. The molecule has 136 valence electrons. The van der Waals surface area contributed by atoms with Gasteiger partial charge in [-0.25, -0.2) is 9.97 Å². The Balaban J connectivity index is 1.79. The number of oxazole rings is 1. The smallest absolute Gasteiger partial charge is 0.238 e. The monoisotopic (exact) mass is 373 g/mol. The molecule has 0 bridgehead atoms. The summed E-state index contributed by atoms with van der Waals surface area (Å²) in [7, 11) is 0. The molecule has 0 unspecified atom stereocenters. The third-order valence-electron chi connectivity index (χ3n) is 4.74. The molecule has 0 saturated heterocycles. The van der Waals surface area contributed by atoms with E-state index in [-0.39, 0.29) is 0 Å². The minimum absolute atomic E-state index is 0.293. The average Bonchev–Trinajstić information content (AvgIpc) is 3.24. The molecule has 0 aliphatic heterocycles. The number of pyridine rings is 1. The summed E-state index contributed by atoms with van der Waals surface area (Å²) >= 11 is 0. The maximum absolute atomic E-state index is 9.73. The molecule has 0 spiro atoms. The van der Waals surface area contributed by atoms with Gasteiger partial charge in [0.2, 0.25) is 5.89 Å². The van der Waals surface area contributed by atoms with Gasteiger partial charge in [-0.1, -0.05) is 72.8 Å². The molecule has 4 nitrogen and oxygen atoms in total. The van der Waals surface area contributed by atoms with Crippen LogP contribution in [0.3, 0.4) is 0 Å². The molecule has 0 amide bonds. The predicted octanol–water partition coefficient (Wildman–Crippen LogP) is 6.11. The summed E-state index contributed by atoms with van der Waals surface area (Å²) in [6, 6.07) is 29.6. The minimum atomic E-state index is 0.293. The highest BCUT2D eigenvalue weighted by molar-refractivity contribution is 6.07.